The molecule has 0 amide bonds. The molecule has 5 heteroatoms. The lowest BCUT2D eigenvalue weighted by molar-refractivity contribution is 0.0701. The number of aromatic carboxylic acids is 1. The Morgan fingerprint density at radius 2 is 2.06 bits per heavy atom. The highest BCUT2D eigenvalue weighted by Crippen LogP contribution is 2.37. The Bertz CT molecular complexity index is 460. The van der Waals surface area contributed by atoms with Crippen LogP contribution in [0.5, 0.6) is 0 Å². The van der Waals surface area contributed by atoms with Gasteiger partial charge in [-0.15, -0.1) is 0 Å². The summed E-state index contributed by atoms with van der Waals surface area (Å²) in [5.74, 6) is 0.721. The second-order valence-corrected chi connectivity index (χ2v) is 6.50. The molecule has 1 saturated carbocycles. The second-order valence-electron chi connectivity index (χ2n) is 5.52. The first kappa shape index (κ1) is 12.0. The largest absolute Gasteiger partial charge is 0.477 e. The zero-order chi connectivity index (χ0) is 12.7. The Balaban J connectivity index is 1.82. The van der Waals surface area contributed by atoms with E-state index >= 15 is 0 Å². The summed E-state index contributed by atoms with van der Waals surface area (Å²) >= 11 is 1.33. The summed E-state index contributed by atoms with van der Waals surface area (Å²) in [7, 11) is 0. The van der Waals surface area contributed by atoms with Crippen LogP contribution in [0.15, 0.2) is 0 Å². The van der Waals surface area contributed by atoms with Crippen molar-refractivity contribution in [2.75, 3.05) is 18.0 Å². The molecule has 2 unspecified atom stereocenters. The number of fused-ring (bicyclic) bond motifs is 2. The van der Waals surface area contributed by atoms with Gasteiger partial charge in [0.1, 0.15) is 4.88 Å². The minimum atomic E-state index is -0.853. The van der Waals surface area contributed by atoms with Crippen LogP contribution in [-0.2, 0) is 0 Å². The minimum Gasteiger partial charge on any atom is -0.477 e. The number of carbonyl (C=O) groups is 1. The quantitative estimate of drug-likeness (QED) is 0.894. The van der Waals surface area contributed by atoms with Crippen LogP contribution < -0.4 is 4.90 Å². The molecule has 2 fully saturated rings. The average Bonchev–Trinajstić information content (AvgIpc) is 2.71. The van der Waals surface area contributed by atoms with Gasteiger partial charge in [0, 0.05) is 13.1 Å². The van der Waals surface area contributed by atoms with Crippen molar-refractivity contribution in [2.45, 2.75) is 32.6 Å². The van der Waals surface area contributed by atoms with Gasteiger partial charge in [0.15, 0.2) is 5.13 Å². The molecule has 1 aromatic rings. The van der Waals surface area contributed by atoms with E-state index in [9.17, 15) is 4.79 Å². The fourth-order valence-corrected chi connectivity index (χ4v) is 4.23. The number of hydrogen-bond donors (Lipinski definition) is 1. The molecule has 2 bridgehead atoms. The molecule has 2 heterocycles. The number of aryl methyl sites for hydroxylation is 1. The van der Waals surface area contributed by atoms with Crippen LogP contribution in [0.2, 0.25) is 0 Å². The van der Waals surface area contributed by atoms with Crippen LogP contribution in [0.4, 0.5) is 5.13 Å². The van der Waals surface area contributed by atoms with E-state index < -0.39 is 5.97 Å². The van der Waals surface area contributed by atoms with Gasteiger partial charge in [-0.25, -0.2) is 9.78 Å². The molecule has 4 nitrogen and oxygen atoms in total. The number of carboxylic acid groups (broad SMARTS) is 1. The van der Waals surface area contributed by atoms with Crippen molar-refractivity contribution in [2.24, 2.45) is 11.8 Å². The number of aromatic nitrogens is 1. The van der Waals surface area contributed by atoms with E-state index in [1.807, 2.05) is 0 Å². The van der Waals surface area contributed by atoms with Crippen LogP contribution in [0.25, 0.3) is 0 Å². The Morgan fingerprint density at radius 1 is 1.39 bits per heavy atom. The lowest BCUT2D eigenvalue weighted by Crippen LogP contribution is -2.42. The van der Waals surface area contributed by atoms with Crippen LogP contribution >= 0.6 is 11.3 Å². The summed E-state index contributed by atoms with van der Waals surface area (Å²) in [4.78, 5) is 18.2. The van der Waals surface area contributed by atoms with E-state index in [-0.39, 0.29) is 0 Å². The molecule has 98 valence electrons. The first-order valence-corrected chi connectivity index (χ1v) is 7.41. The van der Waals surface area contributed by atoms with Crippen LogP contribution in [0.1, 0.15) is 41.0 Å². The van der Waals surface area contributed by atoms with Crippen LogP contribution in [-0.4, -0.2) is 29.1 Å². The van der Waals surface area contributed by atoms with Gasteiger partial charge in [0.2, 0.25) is 0 Å². The van der Waals surface area contributed by atoms with Gasteiger partial charge in [-0.05, 0) is 38.0 Å². The molecule has 1 aliphatic carbocycles. The summed E-state index contributed by atoms with van der Waals surface area (Å²) in [6.07, 6.45) is 5.36. The summed E-state index contributed by atoms with van der Waals surface area (Å²) in [5.41, 5.74) is 0.651. The standard InChI is InChI=1S/C13H18N2O2S/c1-8-11(12(16)17)18-13(14-8)15-6-9-3-2-4-10(5-9)7-15/h9-10H,2-7H2,1H3,(H,16,17). The number of carboxylic acids is 1. The molecule has 1 aromatic heterocycles. The molecule has 0 spiro atoms. The maximum absolute atomic E-state index is 11.1. The SMILES string of the molecule is Cc1nc(N2CC3CCCC(C3)C2)sc1C(=O)O. The predicted octanol–water partition coefficient (Wildman–Crippen LogP) is 2.78. The summed E-state index contributed by atoms with van der Waals surface area (Å²) in [5, 5.41) is 9.99. The highest BCUT2D eigenvalue weighted by atomic mass is 32.1. The van der Waals surface area contributed by atoms with Gasteiger partial charge in [0.25, 0.3) is 0 Å². The smallest absolute Gasteiger partial charge is 0.347 e. The van der Waals surface area contributed by atoms with Gasteiger partial charge >= 0.3 is 5.97 Å². The third-order valence-electron chi connectivity index (χ3n) is 4.10. The molecule has 2 atom stereocenters. The van der Waals surface area contributed by atoms with E-state index in [0.29, 0.717) is 10.6 Å². The summed E-state index contributed by atoms with van der Waals surface area (Å²) in [6.45, 7) is 3.90. The lowest BCUT2D eigenvalue weighted by atomic mass is 9.78. The molecular weight excluding hydrogens is 248 g/mol. The van der Waals surface area contributed by atoms with E-state index in [0.717, 1.165) is 30.1 Å². The second kappa shape index (κ2) is 4.53. The predicted molar refractivity (Wildman–Crippen MR) is 71.5 cm³/mol. The summed E-state index contributed by atoms with van der Waals surface area (Å²) < 4.78 is 0. The number of thiazole rings is 1. The van der Waals surface area contributed by atoms with Crippen molar-refractivity contribution in [3.8, 4) is 0 Å². The van der Waals surface area contributed by atoms with Gasteiger partial charge in [-0.2, -0.15) is 0 Å². The third kappa shape index (κ3) is 2.11. The van der Waals surface area contributed by atoms with Gasteiger partial charge in [-0.3, -0.25) is 0 Å². The van der Waals surface area contributed by atoms with Gasteiger partial charge < -0.3 is 10.0 Å². The first-order valence-electron chi connectivity index (χ1n) is 6.59. The lowest BCUT2D eigenvalue weighted by Gasteiger charge is -2.41. The molecule has 0 radical (unpaired) electrons. The molecule has 3 rings (SSSR count). The molecule has 1 saturated heterocycles. The molecule has 1 aliphatic heterocycles. The number of hydrogen-bond acceptors (Lipinski definition) is 4. The first-order chi connectivity index (χ1) is 8.63. The fraction of sp³-hybridized carbons (Fsp3) is 0.692. The zero-order valence-corrected chi connectivity index (χ0v) is 11.4. The van der Waals surface area contributed by atoms with Crippen molar-refractivity contribution < 1.29 is 9.90 Å². The highest BCUT2D eigenvalue weighted by molar-refractivity contribution is 7.17. The van der Waals surface area contributed by atoms with Gasteiger partial charge in [-0.1, -0.05) is 17.8 Å². The Labute approximate surface area is 111 Å². The number of nitrogens with zero attached hydrogens (tertiary/aromatic N) is 2. The molecule has 1 N–H and O–H groups in total. The molecule has 2 aliphatic rings. The maximum Gasteiger partial charge on any atom is 0.347 e. The number of anilines is 1. The van der Waals surface area contributed by atoms with Gasteiger partial charge in [0.05, 0.1) is 5.69 Å². The zero-order valence-electron chi connectivity index (χ0n) is 10.6. The van der Waals surface area contributed by atoms with E-state index in [1.165, 1.54) is 37.0 Å². The van der Waals surface area contributed by atoms with Crippen molar-refractivity contribution in [1.29, 1.82) is 0 Å². The minimum absolute atomic E-state index is 0.390. The molecule has 0 aromatic carbocycles. The van der Waals surface area contributed by atoms with E-state index in [4.69, 9.17) is 5.11 Å². The number of piperidine rings is 1. The normalized spacial score (nSPS) is 27.3. The highest BCUT2D eigenvalue weighted by Gasteiger charge is 2.32. The van der Waals surface area contributed by atoms with Crippen LogP contribution in [0.3, 0.4) is 0 Å². The van der Waals surface area contributed by atoms with E-state index in [1.54, 1.807) is 6.92 Å². The topological polar surface area (TPSA) is 53.4 Å². The Morgan fingerprint density at radius 3 is 2.61 bits per heavy atom. The Hall–Kier alpha value is -1.10. The van der Waals surface area contributed by atoms with Crippen molar-refractivity contribution >= 4 is 22.4 Å². The van der Waals surface area contributed by atoms with Crippen LogP contribution in [0, 0.1) is 18.8 Å². The summed E-state index contributed by atoms with van der Waals surface area (Å²) in [6, 6.07) is 0. The Kier molecular flexibility index (Phi) is 3.01. The van der Waals surface area contributed by atoms with Crippen molar-refractivity contribution in [1.82, 2.24) is 4.98 Å². The molecule has 18 heavy (non-hydrogen) atoms. The van der Waals surface area contributed by atoms with Crippen molar-refractivity contribution in [3.63, 3.8) is 0 Å². The van der Waals surface area contributed by atoms with E-state index in [2.05, 4.69) is 9.88 Å². The third-order valence-corrected chi connectivity index (χ3v) is 5.30. The average molecular weight is 266 g/mol. The maximum atomic E-state index is 11.1. The fourth-order valence-electron chi connectivity index (χ4n) is 3.30. The number of rotatable bonds is 2. The monoisotopic (exact) mass is 266 g/mol. The molecular formula is C13H18N2O2S. The van der Waals surface area contributed by atoms with Crippen molar-refractivity contribution in [3.05, 3.63) is 10.6 Å².